The van der Waals surface area contributed by atoms with Crippen LogP contribution >= 0.6 is 11.8 Å². The number of aryl methyl sites for hydroxylation is 2. The van der Waals surface area contributed by atoms with Gasteiger partial charge in [0.1, 0.15) is 12.4 Å². The lowest BCUT2D eigenvalue weighted by Gasteiger charge is -2.10. The number of hydrogen-bond donors (Lipinski definition) is 0. The molecule has 0 radical (unpaired) electrons. The van der Waals surface area contributed by atoms with Crippen molar-refractivity contribution in [1.82, 2.24) is 4.57 Å². The van der Waals surface area contributed by atoms with Crippen LogP contribution in [0, 0.1) is 0 Å². The molecule has 0 saturated carbocycles. The van der Waals surface area contributed by atoms with Gasteiger partial charge in [0.25, 0.3) is 0 Å². The molecule has 1 rings (SSSR count). The molecule has 1 aromatic rings. The van der Waals surface area contributed by atoms with Crippen molar-refractivity contribution in [3.63, 3.8) is 0 Å². The number of nitrogens with zero attached hydrogens (tertiary/aromatic N) is 2. The van der Waals surface area contributed by atoms with Gasteiger partial charge in [0.15, 0.2) is 0 Å². The molecule has 3 heteroatoms. The zero-order valence-corrected chi connectivity index (χ0v) is 17.3. The first-order valence-electron chi connectivity index (χ1n) is 10.3. The predicted molar refractivity (Wildman–Crippen MR) is 109 cm³/mol. The van der Waals surface area contributed by atoms with Gasteiger partial charge in [0, 0.05) is 5.25 Å². The number of aromatic nitrogens is 2. The Labute approximate surface area is 155 Å². The number of unbranched alkanes of at least 4 members (excludes halogenated alkanes) is 9. The number of rotatable bonds is 16. The maximum absolute atomic E-state index is 2.40. The maximum atomic E-state index is 2.40. The Morgan fingerprint density at radius 1 is 0.917 bits per heavy atom. The van der Waals surface area contributed by atoms with Crippen molar-refractivity contribution in [1.29, 1.82) is 0 Å². The van der Waals surface area contributed by atoms with Gasteiger partial charge in [-0.15, -0.1) is 0 Å². The SMILES string of the molecule is CCCCCCCCCCCCSC(C)CCCn1cc[n+](C)c1. The summed E-state index contributed by atoms with van der Waals surface area (Å²) < 4.78 is 4.41. The fourth-order valence-electron chi connectivity index (χ4n) is 3.15. The normalized spacial score (nSPS) is 12.6. The Morgan fingerprint density at radius 2 is 1.54 bits per heavy atom. The molecule has 1 unspecified atom stereocenters. The molecule has 2 nitrogen and oxygen atoms in total. The lowest BCUT2D eigenvalue weighted by molar-refractivity contribution is -0.671. The monoisotopic (exact) mass is 353 g/mol. The van der Waals surface area contributed by atoms with E-state index in [1.165, 1.54) is 82.8 Å². The molecule has 0 bridgehead atoms. The van der Waals surface area contributed by atoms with E-state index in [1.807, 2.05) is 0 Å². The molecule has 1 aromatic heterocycles. The molecule has 0 spiro atoms. The number of hydrogen-bond acceptors (Lipinski definition) is 1. The summed E-state index contributed by atoms with van der Waals surface area (Å²) in [7, 11) is 2.08. The fraction of sp³-hybridized carbons (Fsp3) is 0.857. The highest BCUT2D eigenvalue weighted by atomic mass is 32.2. The van der Waals surface area contributed by atoms with Gasteiger partial charge in [-0.2, -0.15) is 11.8 Å². The molecule has 1 heterocycles. The highest BCUT2D eigenvalue weighted by Crippen LogP contribution is 2.19. The van der Waals surface area contributed by atoms with Crippen LogP contribution < -0.4 is 4.57 Å². The van der Waals surface area contributed by atoms with E-state index >= 15 is 0 Å². The van der Waals surface area contributed by atoms with Crippen LogP contribution in [-0.2, 0) is 13.6 Å². The molecular weight excluding hydrogens is 312 g/mol. The Kier molecular flexibility index (Phi) is 13.4. The molecule has 0 N–H and O–H groups in total. The topological polar surface area (TPSA) is 8.81 Å². The van der Waals surface area contributed by atoms with Gasteiger partial charge >= 0.3 is 0 Å². The Hall–Kier alpha value is -0.440. The Bertz CT molecular complexity index is 389. The van der Waals surface area contributed by atoms with Crippen molar-refractivity contribution in [2.24, 2.45) is 7.05 Å². The summed E-state index contributed by atoms with van der Waals surface area (Å²) in [4.78, 5) is 0. The van der Waals surface area contributed by atoms with E-state index in [0.717, 1.165) is 11.8 Å². The smallest absolute Gasteiger partial charge is 0.240 e. The molecule has 0 aliphatic rings. The van der Waals surface area contributed by atoms with Gasteiger partial charge in [0.2, 0.25) is 6.33 Å². The molecule has 24 heavy (non-hydrogen) atoms. The Morgan fingerprint density at radius 3 is 2.12 bits per heavy atom. The van der Waals surface area contributed by atoms with Crippen LogP contribution in [0.3, 0.4) is 0 Å². The first kappa shape index (κ1) is 21.6. The van der Waals surface area contributed by atoms with E-state index in [2.05, 4.69) is 60.5 Å². The van der Waals surface area contributed by atoms with E-state index in [1.54, 1.807) is 0 Å². The summed E-state index contributed by atoms with van der Waals surface area (Å²) in [5.41, 5.74) is 0. The summed E-state index contributed by atoms with van der Waals surface area (Å²) >= 11 is 2.18. The summed E-state index contributed by atoms with van der Waals surface area (Å²) in [5.74, 6) is 1.36. The van der Waals surface area contributed by atoms with Crippen molar-refractivity contribution in [2.75, 3.05) is 5.75 Å². The van der Waals surface area contributed by atoms with Crippen molar-refractivity contribution < 1.29 is 4.57 Å². The number of thioether (sulfide) groups is 1. The van der Waals surface area contributed by atoms with E-state index in [4.69, 9.17) is 0 Å². The minimum atomic E-state index is 0.813. The van der Waals surface area contributed by atoms with Crippen LogP contribution in [0.2, 0.25) is 0 Å². The van der Waals surface area contributed by atoms with E-state index in [-0.39, 0.29) is 0 Å². The zero-order chi connectivity index (χ0) is 17.5. The molecule has 0 aromatic carbocycles. The average Bonchev–Trinajstić information content (AvgIpc) is 2.98. The maximum Gasteiger partial charge on any atom is 0.243 e. The molecule has 0 fully saturated rings. The van der Waals surface area contributed by atoms with Crippen LogP contribution in [0.25, 0.3) is 0 Å². The predicted octanol–water partition coefficient (Wildman–Crippen LogP) is 6.14. The van der Waals surface area contributed by atoms with Crippen LogP contribution in [0.5, 0.6) is 0 Å². The van der Waals surface area contributed by atoms with Gasteiger partial charge in [-0.1, -0.05) is 71.6 Å². The zero-order valence-electron chi connectivity index (χ0n) is 16.5. The lowest BCUT2D eigenvalue weighted by atomic mass is 10.1. The van der Waals surface area contributed by atoms with Gasteiger partial charge in [-0.25, -0.2) is 9.13 Å². The largest absolute Gasteiger partial charge is 0.243 e. The molecule has 0 aliphatic carbocycles. The summed E-state index contributed by atoms with van der Waals surface area (Å²) in [5, 5.41) is 0.813. The van der Waals surface area contributed by atoms with Gasteiger partial charge in [-0.05, 0) is 25.0 Å². The highest BCUT2D eigenvalue weighted by molar-refractivity contribution is 7.99. The lowest BCUT2D eigenvalue weighted by Crippen LogP contribution is -2.23. The molecule has 0 amide bonds. The third-order valence-electron chi connectivity index (χ3n) is 4.75. The van der Waals surface area contributed by atoms with Crippen molar-refractivity contribution in [2.45, 2.75) is 103 Å². The number of imidazole rings is 1. The van der Waals surface area contributed by atoms with E-state index in [0.29, 0.717) is 0 Å². The van der Waals surface area contributed by atoms with Crippen LogP contribution in [-0.4, -0.2) is 15.6 Å². The fourth-order valence-corrected chi connectivity index (χ4v) is 4.26. The third kappa shape index (κ3) is 12.0. The van der Waals surface area contributed by atoms with E-state index < -0.39 is 0 Å². The second-order valence-corrected chi connectivity index (χ2v) is 8.87. The minimum absolute atomic E-state index is 0.813. The van der Waals surface area contributed by atoms with Gasteiger partial charge in [-0.3, -0.25) is 0 Å². The van der Waals surface area contributed by atoms with Gasteiger partial charge < -0.3 is 0 Å². The standard InChI is InChI=1S/C21H41N2S/c1-4-5-6-7-8-9-10-11-12-13-19-24-21(2)15-14-16-23-18-17-22(3)20-23/h17-18,20-21H,4-16,19H2,1-3H3/q+1. The third-order valence-corrected chi connectivity index (χ3v) is 6.08. The summed E-state index contributed by atoms with van der Waals surface area (Å²) in [6.45, 7) is 5.85. The molecule has 0 saturated heterocycles. The minimum Gasteiger partial charge on any atom is -0.240 e. The molecule has 1 atom stereocenters. The van der Waals surface area contributed by atoms with Crippen molar-refractivity contribution >= 4 is 11.8 Å². The quantitative estimate of drug-likeness (QED) is 0.256. The molecule has 0 aliphatic heterocycles. The Balaban J connectivity index is 1.81. The molecule has 140 valence electrons. The van der Waals surface area contributed by atoms with Crippen LogP contribution in [0.4, 0.5) is 0 Å². The van der Waals surface area contributed by atoms with Crippen LogP contribution in [0.15, 0.2) is 18.7 Å². The highest BCUT2D eigenvalue weighted by Gasteiger charge is 2.05. The van der Waals surface area contributed by atoms with Gasteiger partial charge in [0.05, 0.1) is 13.6 Å². The summed E-state index contributed by atoms with van der Waals surface area (Å²) in [6, 6.07) is 0. The first-order valence-corrected chi connectivity index (χ1v) is 11.4. The average molecular weight is 354 g/mol. The van der Waals surface area contributed by atoms with Crippen molar-refractivity contribution in [3.05, 3.63) is 18.7 Å². The first-order chi connectivity index (χ1) is 11.7. The van der Waals surface area contributed by atoms with E-state index in [9.17, 15) is 0 Å². The second kappa shape index (κ2) is 14.9. The molecular formula is C21H41N2S+. The van der Waals surface area contributed by atoms with Crippen LogP contribution in [0.1, 0.15) is 90.9 Å². The second-order valence-electron chi connectivity index (χ2n) is 7.32. The summed E-state index contributed by atoms with van der Waals surface area (Å²) in [6.07, 6.45) is 23.5. The van der Waals surface area contributed by atoms with Crippen molar-refractivity contribution in [3.8, 4) is 0 Å².